The zero-order chi connectivity index (χ0) is 29.3. The van der Waals surface area contributed by atoms with Gasteiger partial charge in [-0.25, -0.2) is 0 Å². The molecule has 0 fully saturated rings. The van der Waals surface area contributed by atoms with Crippen molar-refractivity contribution in [2.75, 3.05) is 13.7 Å². The van der Waals surface area contributed by atoms with Gasteiger partial charge in [0.05, 0.1) is 17.9 Å². The third-order valence-electron chi connectivity index (χ3n) is 5.47. The monoisotopic (exact) mass is 535 g/mol. The molecule has 0 bridgehead atoms. The van der Waals surface area contributed by atoms with Crippen LogP contribution in [0.5, 0.6) is 11.5 Å². The van der Waals surface area contributed by atoms with Crippen molar-refractivity contribution in [1.29, 1.82) is 0 Å². The molecule has 214 valence electrons. The van der Waals surface area contributed by atoms with Crippen molar-refractivity contribution in [3.05, 3.63) is 23.8 Å². The molecule has 0 aliphatic rings. The molecule has 9 nitrogen and oxygen atoms in total. The van der Waals surface area contributed by atoms with Gasteiger partial charge >= 0.3 is 23.9 Å². The van der Waals surface area contributed by atoms with E-state index in [2.05, 4.69) is 5.32 Å². The van der Waals surface area contributed by atoms with Gasteiger partial charge in [0.2, 0.25) is 0 Å². The van der Waals surface area contributed by atoms with Crippen molar-refractivity contribution in [2.45, 2.75) is 93.7 Å². The summed E-state index contributed by atoms with van der Waals surface area (Å²) in [5.41, 5.74) is -0.916. The lowest BCUT2D eigenvalue weighted by atomic mass is 9.97. The van der Waals surface area contributed by atoms with Gasteiger partial charge < -0.3 is 24.3 Å². The second-order valence-electron chi connectivity index (χ2n) is 12.0. The van der Waals surface area contributed by atoms with E-state index >= 15 is 0 Å². The summed E-state index contributed by atoms with van der Waals surface area (Å²) < 4.78 is 21.5. The Balaban J connectivity index is 3.08. The molecule has 1 N–H and O–H groups in total. The van der Waals surface area contributed by atoms with Crippen LogP contribution in [0.4, 0.5) is 0 Å². The molecule has 0 amide bonds. The lowest BCUT2D eigenvalue weighted by Gasteiger charge is -2.22. The van der Waals surface area contributed by atoms with Gasteiger partial charge in [-0.05, 0) is 84.9 Å². The van der Waals surface area contributed by atoms with Gasteiger partial charge in [-0.2, -0.15) is 0 Å². The lowest BCUT2D eigenvalue weighted by Crippen LogP contribution is -2.43. The Bertz CT molecular complexity index is 972. The second kappa shape index (κ2) is 14.3. The molecule has 2 atom stereocenters. The molecule has 1 aromatic rings. The molecule has 38 heavy (non-hydrogen) atoms. The summed E-state index contributed by atoms with van der Waals surface area (Å²) in [5, 5.41) is 3.10. The topological polar surface area (TPSA) is 117 Å². The number of hydrogen-bond donors (Lipinski definition) is 1. The number of ether oxygens (including phenoxy) is 4. The number of rotatable bonds is 12. The number of carbonyl (C=O) groups is 4. The quantitative estimate of drug-likeness (QED) is 0.302. The third kappa shape index (κ3) is 11.6. The molecule has 9 heteroatoms. The second-order valence-corrected chi connectivity index (χ2v) is 12.0. The standard InChI is InChI=1S/C29H45NO8/c1-18(2)11-14-24(31)36-19(3)17-30-21(25(32)35-10)15-20-12-13-22(37-26(33)28(4,5)6)23(16-20)38-27(34)29(7,8)9/h12-13,16,18-19,21,30H,11,14-15,17H2,1-10H3/t19?,21-/m0/s1. The summed E-state index contributed by atoms with van der Waals surface area (Å²) >= 11 is 0. The summed E-state index contributed by atoms with van der Waals surface area (Å²) in [7, 11) is 1.29. The highest BCUT2D eigenvalue weighted by molar-refractivity contribution is 5.81. The van der Waals surface area contributed by atoms with Crippen molar-refractivity contribution >= 4 is 23.9 Å². The van der Waals surface area contributed by atoms with E-state index in [4.69, 9.17) is 18.9 Å². The molecule has 1 unspecified atom stereocenters. The van der Waals surface area contributed by atoms with Crippen LogP contribution in [0, 0.1) is 16.7 Å². The van der Waals surface area contributed by atoms with Crippen molar-refractivity contribution in [2.24, 2.45) is 16.7 Å². The molecule has 1 aromatic carbocycles. The van der Waals surface area contributed by atoms with Crippen LogP contribution in [0.2, 0.25) is 0 Å². The molecule has 1 rings (SSSR count). The fourth-order valence-electron chi connectivity index (χ4n) is 3.01. The normalized spacial score (nSPS) is 13.4. The minimum absolute atomic E-state index is 0.0797. The van der Waals surface area contributed by atoms with E-state index in [1.54, 1.807) is 60.6 Å². The van der Waals surface area contributed by atoms with E-state index in [0.29, 0.717) is 17.9 Å². The maximum absolute atomic E-state index is 12.6. The number of hydrogen-bond acceptors (Lipinski definition) is 9. The first-order valence-corrected chi connectivity index (χ1v) is 13.0. The summed E-state index contributed by atoms with van der Waals surface area (Å²) in [6.45, 7) is 16.4. The first-order chi connectivity index (χ1) is 17.4. The highest BCUT2D eigenvalue weighted by atomic mass is 16.6. The number of nitrogens with one attached hydrogen (secondary N) is 1. The van der Waals surface area contributed by atoms with E-state index in [1.165, 1.54) is 13.2 Å². The number of benzene rings is 1. The molecule has 0 aromatic heterocycles. The number of carbonyl (C=O) groups excluding carboxylic acids is 4. The fourth-order valence-corrected chi connectivity index (χ4v) is 3.01. The van der Waals surface area contributed by atoms with Crippen LogP contribution < -0.4 is 14.8 Å². The Labute approximate surface area is 226 Å². The SMILES string of the molecule is COC(=O)[C@H](Cc1ccc(OC(=O)C(C)(C)C)c(OC(=O)C(C)(C)C)c1)NCC(C)OC(=O)CCC(C)C. The van der Waals surface area contributed by atoms with Crippen LogP contribution in [0.15, 0.2) is 18.2 Å². The molecule has 0 saturated carbocycles. The van der Waals surface area contributed by atoms with E-state index in [-0.39, 0.29) is 30.4 Å². The first-order valence-electron chi connectivity index (χ1n) is 13.0. The molecule has 0 heterocycles. The third-order valence-corrected chi connectivity index (χ3v) is 5.47. The highest BCUT2D eigenvalue weighted by Gasteiger charge is 2.29. The van der Waals surface area contributed by atoms with Crippen LogP contribution in [-0.2, 0) is 35.1 Å². The Kier molecular flexibility index (Phi) is 12.4. The van der Waals surface area contributed by atoms with Crippen LogP contribution >= 0.6 is 0 Å². The van der Waals surface area contributed by atoms with Crippen molar-refractivity contribution in [3.63, 3.8) is 0 Å². The number of methoxy groups -OCH3 is 1. The lowest BCUT2D eigenvalue weighted by molar-refractivity contribution is -0.148. The van der Waals surface area contributed by atoms with Crippen LogP contribution in [-0.4, -0.2) is 49.7 Å². The Hall–Kier alpha value is -2.94. The van der Waals surface area contributed by atoms with Crippen LogP contribution in [0.1, 0.15) is 80.7 Å². The van der Waals surface area contributed by atoms with E-state index in [9.17, 15) is 19.2 Å². The molecular weight excluding hydrogens is 490 g/mol. The Morgan fingerprint density at radius 2 is 1.42 bits per heavy atom. The Morgan fingerprint density at radius 1 is 0.868 bits per heavy atom. The Morgan fingerprint density at radius 3 is 1.92 bits per heavy atom. The maximum Gasteiger partial charge on any atom is 0.323 e. The summed E-state index contributed by atoms with van der Waals surface area (Å²) in [6, 6.07) is 4.04. The maximum atomic E-state index is 12.6. The first kappa shape index (κ1) is 33.1. The summed E-state index contributed by atoms with van der Waals surface area (Å²) in [6.07, 6.45) is 0.815. The van der Waals surface area contributed by atoms with Gasteiger partial charge in [0, 0.05) is 13.0 Å². The average Bonchev–Trinajstić information content (AvgIpc) is 2.79. The minimum atomic E-state index is -0.792. The average molecular weight is 536 g/mol. The van der Waals surface area contributed by atoms with Crippen molar-refractivity contribution < 1.29 is 38.1 Å². The van der Waals surface area contributed by atoms with E-state index < -0.39 is 40.9 Å². The molecular formula is C29H45NO8. The predicted molar refractivity (Wildman–Crippen MR) is 144 cm³/mol. The summed E-state index contributed by atoms with van der Waals surface area (Å²) in [4.78, 5) is 49.6. The fraction of sp³-hybridized carbons (Fsp3) is 0.655. The minimum Gasteiger partial charge on any atom is -0.468 e. The highest BCUT2D eigenvalue weighted by Crippen LogP contribution is 2.33. The zero-order valence-electron chi connectivity index (χ0n) is 24.6. The van der Waals surface area contributed by atoms with Gasteiger partial charge in [0.25, 0.3) is 0 Å². The molecule has 0 saturated heterocycles. The van der Waals surface area contributed by atoms with E-state index in [1.807, 2.05) is 13.8 Å². The predicted octanol–water partition coefficient (Wildman–Crippen LogP) is 4.63. The molecule has 0 radical (unpaired) electrons. The van der Waals surface area contributed by atoms with Gasteiger partial charge in [0.1, 0.15) is 12.1 Å². The summed E-state index contributed by atoms with van der Waals surface area (Å²) in [5.74, 6) is -1.18. The van der Waals surface area contributed by atoms with Gasteiger partial charge in [-0.15, -0.1) is 0 Å². The van der Waals surface area contributed by atoms with Gasteiger partial charge in [-0.3, -0.25) is 19.2 Å². The zero-order valence-corrected chi connectivity index (χ0v) is 24.6. The number of esters is 4. The van der Waals surface area contributed by atoms with E-state index in [0.717, 1.165) is 6.42 Å². The molecule has 0 aliphatic carbocycles. The van der Waals surface area contributed by atoms with Crippen LogP contribution in [0.3, 0.4) is 0 Å². The van der Waals surface area contributed by atoms with Gasteiger partial charge in [-0.1, -0.05) is 19.9 Å². The largest absolute Gasteiger partial charge is 0.468 e. The smallest absolute Gasteiger partial charge is 0.323 e. The van der Waals surface area contributed by atoms with Crippen molar-refractivity contribution in [1.82, 2.24) is 5.32 Å². The van der Waals surface area contributed by atoms with Crippen molar-refractivity contribution in [3.8, 4) is 11.5 Å². The molecule has 0 spiro atoms. The van der Waals surface area contributed by atoms with Crippen LogP contribution in [0.25, 0.3) is 0 Å². The molecule has 0 aliphatic heterocycles. The van der Waals surface area contributed by atoms with Gasteiger partial charge in [0.15, 0.2) is 11.5 Å².